The lowest BCUT2D eigenvalue weighted by Crippen LogP contribution is -2.30. The Morgan fingerprint density at radius 1 is 1.10 bits per heavy atom. The molecule has 0 aromatic heterocycles. The molecule has 1 heterocycles. The van der Waals surface area contributed by atoms with E-state index in [2.05, 4.69) is 34.5 Å². The number of benzene rings is 2. The summed E-state index contributed by atoms with van der Waals surface area (Å²) < 4.78 is 12.9. The van der Waals surface area contributed by atoms with Gasteiger partial charge in [-0.1, -0.05) is 18.2 Å². The summed E-state index contributed by atoms with van der Waals surface area (Å²) in [6.45, 7) is 3.98. The number of para-hydroxylation sites is 1. The molecule has 0 bridgehead atoms. The SMILES string of the molecule is Fc1ccc(SCCN2CCNCc3ccccc32)cc1. The minimum Gasteiger partial charge on any atom is -0.369 e. The Hall–Kier alpha value is -1.52. The van der Waals surface area contributed by atoms with E-state index >= 15 is 0 Å². The van der Waals surface area contributed by atoms with Gasteiger partial charge in [-0.15, -0.1) is 11.8 Å². The van der Waals surface area contributed by atoms with E-state index in [0.717, 1.165) is 36.8 Å². The zero-order valence-corrected chi connectivity index (χ0v) is 12.7. The number of thioether (sulfide) groups is 1. The lowest BCUT2D eigenvalue weighted by atomic mass is 10.1. The molecule has 2 aromatic rings. The fourth-order valence-electron chi connectivity index (χ4n) is 2.56. The molecule has 0 unspecified atom stereocenters. The second-order valence-electron chi connectivity index (χ2n) is 5.09. The van der Waals surface area contributed by atoms with Crippen molar-refractivity contribution >= 4 is 17.4 Å². The Kier molecular flexibility index (Phi) is 4.78. The first kappa shape index (κ1) is 14.4. The fraction of sp³-hybridized carbons (Fsp3) is 0.294. The summed E-state index contributed by atoms with van der Waals surface area (Å²) >= 11 is 1.78. The Bertz CT molecular complexity index is 586. The molecule has 2 nitrogen and oxygen atoms in total. The van der Waals surface area contributed by atoms with E-state index in [1.54, 1.807) is 11.8 Å². The number of halogens is 1. The lowest BCUT2D eigenvalue weighted by molar-refractivity contribution is 0.626. The number of nitrogens with one attached hydrogen (secondary N) is 1. The topological polar surface area (TPSA) is 15.3 Å². The highest BCUT2D eigenvalue weighted by molar-refractivity contribution is 7.99. The van der Waals surface area contributed by atoms with Crippen molar-refractivity contribution in [2.45, 2.75) is 11.4 Å². The van der Waals surface area contributed by atoms with Crippen molar-refractivity contribution in [3.63, 3.8) is 0 Å². The normalized spacial score (nSPS) is 14.6. The molecule has 0 spiro atoms. The summed E-state index contributed by atoms with van der Waals surface area (Å²) in [6.07, 6.45) is 0. The zero-order valence-electron chi connectivity index (χ0n) is 11.9. The molecule has 1 aliphatic heterocycles. The van der Waals surface area contributed by atoms with Gasteiger partial charge in [0.2, 0.25) is 0 Å². The van der Waals surface area contributed by atoms with Crippen LogP contribution in [0.3, 0.4) is 0 Å². The lowest BCUT2D eigenvalue weighted by Gasteiger charge is -2.24. The van der Waals surface area contributed by atoms with E-state index < -0.39 is 0 Å². The molecule has 0 radical (unpaired) electrons. The van der Waals surface area contributed by atoms with Gasteiger partial charge >= 0.3 is 0 Å². The number of fused-ring (bicyclic) bond motifs is 1. The third-order valence-electron chi connectivity index (χ3n) is 3.65. The van der Waals surface area contributed by atoms with Gasteiger partial charge in [0.1, 0.15) is 5.82 Å². The molecule has 1 aliphatic rings. The summed E-state index contributed by atoms with van der Waals surface area (Å²) in [4.78, 5) is 3.56. The Morgan fingerprint density at radius 2 is 1.90 bits per heavy atom. The fourth-order valence-corrected chi connectivity index (χ4v) is 3.44. The summed E-state index contributed by atoms with van der Waals surface area (Å²) in [5.74, 6) is 0.826. The minimum atomic E-state index is -0.174. The van der Waals surface area contributed by atoms with Crippen LogP contribution in [0.4, 0.5) is 10.1 Å². The van der Waals surface area contributed by atoms with Crippen molar-refractivity contribution in [3.8, 4) is 0 Å². The summed E-state index contributed by atoms with van der Waals surface area (Å²) in [6, 6.07) is 15.3. The van der Waals surface area contributed by atoms with Crippen LogP contribution in [0.15, 0.2) is 53.4 Å². The Morgan fingerprint density at radius 3 is 2.76 bits per heavy atom. The van der Waals surface area contributed by atoms with Gasteiger partial charge < -0.3 is 10.2 Å². The molecule has 21 heavy (non-hydrogen) atoms. The van der Waals surface area contributed by atoms with E-state index in [-0.39, 0.29) is 5.82 Å². The van der Waals surface area contributed by atoms with Crippen molar-refractivity contribution < 1.29 is 4.39 Å². The van der Waals surface area contributed by atoms with Crippen molar-refractivity contribution in [1.29, 1.82) is 0 Å². The molecule has 0 saturated heterocycles. The van der Waals surface area contributed by atoms with Gasteiger partial charge in [-0.25, -0.2) is 4.39 Å². The molecule has 110 valence electrons. The highest BCUT2D eigenvalue weighted by Crippen LogP contribution is 2.24. The van der Waals surface area contributed by atoms with Gasteiger partial charge in [0.25, 0.3) is 0 Å². The summed E-state index contributed by atoms with van der Waals surface area (Å²) in [7, 11) is 0. The molecule has 1 N–H and O–H groups in total. The first-order valence-electron chi connectivity index (χ1n) is 7.25. The maximum atomic E-state index is 12.9. The number of hydrogen-bond acceptors (Lipinski definition) is 3. The van der Waals surface area contributed by atoms with Crippen LogP contribution < -0.4 is 10.2 Å². The quantitative estimate of drug-likeness (QED) is 0.870. The second-order valence-corrected chi connectivity index (χ2v) is 6.26. The molecule has 0 saturated carbocycles. The van der Waals surface area contributed by atoms with Crippen molar-refractivity contribution in [1.82, 2.24) is 5.32 Å². The monoisotopic (exact) mass is 302 g/mol. The minimum absolute atomic E-state index is 0.174. The third kappa shape index (κ3) is 3.77. The molecule has 0 amide bonds. The van der Waals surface area contributed by atoms with Crippen molar-refractivity contribution in [3.05, 3.63) is 59.9 Å². The molecule has 0 fully saturated rings. The average Bonchev–Trinajstić information content (AvgIpc) is 2.72. The molecular formula is C17H19FN2S. The van der Waals surface area contributed by atoms with Crippen LogP contribution in [0.25, 0.3) is 0 Å². The van der Waals surface area contributed by atoms with E-state index in [0.29, 0.717) is 0 Å². The third-order valence-corrected chi connectivity index (χ3v) is 4.64. The zero-order chi connectivity index (χ0) is 14.5. The predicted octanol–water partition coefficient (Wildman–Crippen LogP) is 3.53. The predicted molar refractivity (Wildman–Crippen MR) is 87.5 cm³/mol. The maximum Gasteiger partial charge on any atom is 0.123 e. The van der Waals surface area contributed by atoms with Gasteiger partial charge in [-0.3, -0.25) is 0 Å². The van der Waals surface area contributed by atoms with E-state index in [1.807, 2.05) is 12.1 Å². The molecule has 4 heteroatoms. The largest absolute Gasteiger partial charge is 0.369 e. The van der Waals surface area contributed by atoms with Crippen LogP contribution >= 0.6 is 11.8 Å². The van der Waals surface area contributed by atoms with Gasteiger partial charge in [0, 0.05) is 42.5 Å². The highest BCUT2D eigenvalue weighted by atomic mass is 32.2. The van der Waals surface area contributed by atoms with Crippen LogP contribution in [0.5, 0.6) is 0 Å². The number of rotatable bonds is 4. The van der Waals surface area contributed by atoms with Gasteiger partial charge in [-0.2, -0.15) is 0 Å². The van der Waals surface area contributed by atoms with Crippen molar-refractivity contribution in [2.75, 3.05) is 30.3 Å². The van der Waals surface area contributed by atoms with Crippen LogP contribution in [0.1, 0.15) is 5.56 Å². The first-order valence-corrected chi connectivity index (χ1v) is 8.23. The molecule has 0 aliphatic carbocycles. The Balaban J connectivity index is 1.61. The van der Waals surface area contributed by atoms with Crippen LogP contribution in [-0.2, 0) is 6.54 Å². The van der Waals surface area contributed by atoms with E-state index in [1.165, 1.54) is 23.4 Å². The highest BCUT2D eigenvalue weighted by Gasteiger charge is 2.13. The Labute approximate surface area is 129 Å². The molecular weight excluding hydrogens is 283 g/mol. The van der Waals surface area contributed by atoms with Gasteiger partial charge in [-0.05, 0) is 35.9 Å². The van der Waals surface area contributed by atoms with Gasteiger partial charge in [0.05, 0.1) is 0 Å². The van der Waals surface area contributed by atoms with Crippen LogP contribution in [0, 0.1) is 5.82 Å². The summed E-state index contributed by atoms with van der Waals surface area (Å²) in [5, 5.41) is 3.46. The van der Waals surface area contributed by atoms with Gasteiger partial charge in [0.15, 0.2) is 0 Å². The van der Waals surface area contributed by atoms with Crippen molar-refractivity contribution in [2.24, 2.45) is 0 Å². The summed E-state index contributed by atoms with van der Waals surface area (Å²) in [5.41, 5.74) is 2.70. The second kappa shape index (κ2) is 6.96. The smallest absolute Gasteiger partial charge is 0.123 e. The van der Waals surface area contributed by atoms with Crippen LogP contribution in [0.2, 0.25) is 0 Å². The molecule has 3 rings (SSSR count). The molecule has 2 aromatic carbocycles. The van der Waals surface area contributed by atoms with E-state index in [4.69, 9.17) is 0 Å². The number of hydrogen-bond donors (Lipinski definition) is 1. The number of anilines is 1. The number of nitrogens with zero attached hydrogens (tertiary/aromatic N) is 1. The molecule has 0 atom stereocenters. The van der Waals surface area contributed by atoms with Crippen LogP contribution in [-0.4, -0.2) is 25.4 Å². The average molecular weight is 302 g/mol. The maximum absolute atomic E-state index is 12.9. The van der Waals surface area contributed by atoms with E-state index in [9.17, 15) is 4.39 Å². The first-order chi connectivity index (χ1) is 10.3. The standard InChI is InChI=1S/C17H19FN2S/c18-15-5-7-16(8-6-15)21-12-11-20-10-9-19-13-14-3-1-2-4-17(14)20/h1-8,19H,9-13H2.